The van der Waals surface area contributed by atoms with Gasteiger partial charge >= 0.3 is 6.09 Å². The number of alkyl carbamates (subject to hydrolysis) is 1. The number of hydrogen-bond donors (Lipinski definition) is 1. The molecule has 2 unspecified atom stereocenters. The average Bonchev–Trinajstić information content (AvgIpc) is 2.63. The molecule has 1 saturated carbocycles. The minimum Gasteiger partial charge on any atom is -0.444 e. The first-order valence-corrected chi connectivity index (χ1v) is 6.33. The molecule has 1 N–H and O–H groups in total. The number of ketones is 1. The van der Waals surface area contributed by atoms with Gasteiger partial charge in [-0.15, -0.1) is 0 Å². The first-order valence-electron chi connectivity index (χ1n) is 6.33. The molecule has 0 aromatic carbocycles. The standard InChI is InChI=1S/C13H23NO4/c1-13(2,3)18-12(16)14-10-6-5-9(7-10)11(15)8-17-4/h9-10H,5-8H2,1-4H3,(H,14,16). The SMILES string of the molecule is COCC(=O)C1CCC(NC(=O)OC(C)(C)C)C1. The summed E-state index contributed by atoms with van der Waals surface area (Å²) in [5.41, 5.74) is -0.492. The lowest BCUT2D eigenvalue weighted by Crippen LogP contribution is -2.38. The zero-order valence-corrected chi connectivity index (χ0v) is 11.6. The fraction of sp³-hybridized carbons (Fsp3) is 0.846. The summed E-state index contributed by atoms with van der Waals surface area (Å²) in [5, 5.41) is 2.81. The number of Topliss-reactive ketones (excluding diaryl/α,β-unsaturated/α-hetero) is 1. The number of amides is 1. The third-order valence-electron chi connectivity index (χ3n) is 2.90. The summed E-state index contributed by atoms with van der Waals surface area (Å²) in [6.45, 7) is 5.63. The fourth-order valence-electron chi connectivity index (χ4n) is 2.14. The molecule has 1 fully saturated rings. The Balaban J connectivity index is 2.34. The zero-order chi connectivity index (χ0) is 13.8. The summed E-state index contributed by atoms with van der Waals surface area (Å²) < 4.78 is 10.0. The largest absolute Gasteiger partial charge is 0.444 e. The Morgan fingerprint density at radius 2 is 1.94 bits per heavy atom. The van der Waals surface area contributed by atoms with Gasteiger partial charge in [0.05, 0.1) is 0 Å². The number of ether oxygens (including phenoxy) is 2. The van der Waals surface area contributed by atoms with E-state index in [1.54, 1.807) is 0 Å². The van der Waals surface area contributed by atoms with Crippen LogP contribution in [0.4, 0.5) is 4.79 Å². The predicted octanol–water partition coefficient (Wildman–Crippen LogP) is 1.90. The number of carbonyl (C=O) groups is 2. The summed E-state index contributed by atoms with van der Waals surface area (Å²) in [6.07, 6.45) is 1.90. The second-order valence-corrected chi connectivity index (χ2v) is 5.75. The van der Waals surface area contributed by atoms with Crippen LogP contribution in [0.25, 0.3) is 0 Å². The minimum absolute atomic E-state index is 0.00452. The Kier molecular flexibility index (Phi) is 5.14. The molecular formula is C13H23NO4. The first kappa shape index (κ1) is 15.0. The maximum Gasteiger partial charge on any atom is 0.407 e. The van der Waals surface area contributed by atoms with Gasteiger partial charge in [-0.1, -0.05) is 0 Å². The van der Waals surface area contributed by atoms with Crippen molar-refractivity contribution < 1.29 is 19.1 Å². The Bertz CT molecular complexity index is 309. The van der Waals surface area contributed by atoms with Gasteiger partial charge in [-0.3, -0.25) is 4.79 Å². The lowest BCUT2D eigenvalue weighted by molar-refractivity contribution is -0.126. The van der Waals surface area contributed by atoms with E-state index in [4.69, 9.17) is 9.47 Å². The molecule has 5 nitrogen and oxygen atoms in total. The van der Waals surface area contributed by atoms with E-state index in [-0.39, 0.29) is 24.3 Å². The normalized spacial score (nSPS) is 23.8. The smallest absolute Gasteiger partial charge is 0.407 e. The molecule has 0 radical (unpaired) electrons. The second-order valence-electron chi connectivity index (χ2n) is 5.75. The molecule has 18 heavy (non-hydrogen) atoms. The van der Waals surface area contributed by atoms with E-state index >= 15 is 0 Å². The third-order valence-corrected chi connectivity index (χ3v) is 2.90. The predicted molar refractivity (Wildman–Crippen MR) is 67.4 cm³/mol. The third kappa shape index (κ3) is 5.04. The average molecular weight is 257 g/mol. The van der Waals surface area contributed by atoms with Gasteiger partial charge in [0.2, 0.25) is 0 Å². The lowest BCUT2D eigenvalue weighted by Gasteiger charge is -2.21. The number of nitrogens with one attached hydrogen (secondary N) is 1. The summed E-state index contributed by atoms with van der Waals surface area (Å²) in [6, 6.07) is 0.0330. The van der Waals surface area contributed by atoms with E-state index in [0.717, 1.165) is 12.8 Å². The Morgan fingerprint density at radius 3 is 2.50 bits per heavy atom. The van der Waals surface area contributed by atoms with Crippen LogP contribution in [0.5, 0.6) is 0 Å². The Hall–Kier alpha value is -1.10. The van der Waals surface area contributed by atoms with Crippen molar-refractivity contribution in [1.29, 1.82) is 0 Å². The maximum absolute atomic E-state index is 11.6. The minimum atomic E-state index is -0.492. The highest BCUT2D eigenvalue weighted by atomic mass is 16.6. The van der Waals surface area contributed by atoms with Crippen LogP contribution in [0, 0.1) is 5.92 Å². The van der Waals surface area contributed by atoms with Crippen molar-refractivity contribution in [2.24, 2.45) is 5.92 Å². The van der Waals surface area contributed by atoms with Gasteiger partial charge in [-0.05, 0) is 40.0 Å². The molecule has 104 valence electrons. The van der Waals surface area contributed by atoms with E-state index in [9.17, 15) is 9.59 Å². The summed E-state index contributed by atoms with van der Waals surface area (Å²) >= 11 is 0. The molecule has 2 atom stereocenters. The molecule has 5 heteroatoms. The molecule has 1 aliphatic carbocycles. The van der Waals surface area contributed by atoms with Gasteiger partial charge in [-0.2, -0.15) is 0 Å². The number of rotatable bonds is 4. The van der Waals surface area contributed by atoms with Crippen LogP contribution in [0.2, 0.25) is 0 Å². The number of carbonyl (C=O) groups excluding carboxylic acids is 2. The van der Waals surface area contributed by atoms with Crippen molar-refractivity contribution >= 4 is 11.9 Å². The Morgan fingerprint density at radius 1 is 1.28 bits per heavy atom. The first-order chi connectivity index (χ1) is 8.31. The highest BCUT2D eigenvalue weighted by Crippen LogP contribution is 2.26. The Labute approximate surface area is 108 Å². The quantitative estimate of drug-likeness (QED) is 0.835. The van der Waals surface area contributed by atoms with E-state index < -0.39 is 11.7 Å². The topological polar surface area (TPSA) is 64.6 Å². The number of hydrogen-bond acceptors (Lipinski definition) is 4. The monoisotopic (exact) mass is 257 g/mol. The van der Waals surface area contributed by atoms with E-state index in [0.29, 0.717) is 6.42 Å². The van der Waals surface area contributed by atoms with Gasteiger partial charge in [0, 0.05) is 19.1 Å². The van der Waals surface area contributed by atoms with E-state index in [1.807, 2.05) is 20.8 Å². The molecule has 0 aromatic heterocycles. The van der Waals surface area contributed by atoms with Crippen molar-refractivity contribution in [1.82, 2.24) is 5.32 Å². The molecular weight excluding hydrogens is 234 g/mol. The summed E-state index contributed by atoms with van der Waals surface area (Å²) in [7, 11) is 1.52. The van der Waals surface area contributed by atoms with Crippen molar-refractivity contribution in [3.8, 4) is 0 Å². The van der Waals surface area contributed by atoms with Gasteiger partial charge in [0.15, 0.2) is 5.78 Å². The van der Waals surface area contributed by atoms with Crippen LogP contribution in [-0.2, 0) is 14.3 Å². The molecule has 1 rings (SSSR count). The molecule has 1 aliphatic rings. The van der Waals surface area contributed by atoms with E-state index in [2.05, 4.69) is 5.32 Å². The van der Waals surface area contributed by atoms with Crippen LogP contribution >= 0.6 is 0 Å². The van der Waals surface area contributed by atoms with Crippen molar-refractivity contribution in [3.05, 3.63) is 0 Å². The van der Waals surface area contributed by atoms with Gasteiger partial charge < -0.3 is 14.8 Å². The summed E-state index contributed by atoms with van der Waals surface area (Å²) in [5.74, 6) is 0.121. The van der Waals surface area contributed by atoms with Crippen LogP contribution < -0.4 is 5.32 Å². The number of methoxy groups -OCH3 is 1. The molecule has 0 spiro atoms. The molecule has 0 aliphatic heterocycles. The van der Waals surface area contributed by atoms with Crippen LogP contribution in [0.15, 0.2) is 0 Å². The van der Waals surface area contributed by atoms with Gasteiger partial charge in [0.25, 0.3) is 0 Å². The van der Waals surface area contributed by atoms with Crippen LogP contribution in [0.3, 0.4) is 0 Å². The fourth-order valence-corrected chi connectivity index (χ4v) is 2.14. The van der Waals surface area contributed by atoms with Crippen LogP contribution in [-0.4, -0.2) is 37.2 Å². The second kappa shape index (κ2) is 6.18. The highest BCUT2D eigenvalue weighted by molar-refractivity contribution is 5.82. The van der Waals surface area contributed by atoms with Crippen molar-refractivity contribution in [3.63, 3.8) is 0 Å². The highest BCUT2D eigenvalue weighted by Gasteiger charge is 2.31. The zero-order valence-electron chi connectivity index (χ0n) is 11.6. The molecule has 0 heterocycles. The van der Waals surface area contributed by atoms with Crippen molar-refractivity contribution in [2.75, 3.05) is 13.7 Å². The lowest BCUT2D eigenvalue weighted by atomic mass is 10.0. The van der Waals surface area contributed by atoms with Gasteiger partial charge in [-0.25, -0.2) is 4.79 Å². The van der Waals surface area contributed by atoms with Gasteiger partial charge in [0.1, 0.15) is 12.2 Å². The molecule has 0 aromatic rings. The summed E-state index contributed by atoms with van der Waals surface area (Å²) in [4.78, 5) is 23.2. The molecule has 1 amide bonds. The maximum atomic E-state index is 11.6. The van der Waals surface area contributed by atoms with E-state index in [1.165, 1.54) is 7.11 Å². The molecule has 0 saturated heterocycles. The molecule has 0 bridgehead atoms. The van der Waals surface area contributed by atoms with Crippen LogP contribution in [0.1, 0.15) is 40.0 Å². The van der Waals surface area contributed by atoms with Crippen molar-refractivity contribution in [2.45, 2.75) is 51.7 Å².